The van der Waals surface area contributed by atoms with Crippen molar-refractivity contribution in [2.45, 2.75) is 38.8 Å². The first-order chi connectivity index (χ1) is 15.2. The molecule has 0 aromatic heterocycles. The van der Waals surface area contributed by atoms with E-state index in [0.717, 1.165) is 54.7 Å². The fraction of sp³-hybridized carbons (Fsp3) is 0.360. The molecule has 2 aromatic carbocycles. The Kier molecular flexibility index (Phi) is 5.24. The number of carbonyl (C=O) groups excluding carboxylic acids is 2. The molecule has 160 valence electrons. The van der Waals surface area contributed by atoms with E-state index in [4.69, 9.17) is 9.47 Å². The molecule has 5 rings (SSSR count). The Hall–Kier alpha value is -3.12. The van der Waals surface area contributed by atoms with Gasteiger partial charge in [0.1, 0.15) is 18.4 Å². The van der Waals surface area contributed by atoms with Crippen molar-refractivity contribution in [3.8, 4) is 0 Å². The number of rotatable bonds is 5. The number of nitrogens with one attached hydrogen (secondary N) is 1. The Balaban J connectivity index is 1.34. The second-order valence-corrected chi connectivity index (χ2v) is 8.18. The Morgan fingerprint density at radius 2 is 2.10 bits per heavy atom. The van der Waals surface area contributed by atoms with E-state index in [0.29, 0.717) is 24.5 Å². The van der Waals surface area contributed by atoms with Crippen molar-refractivity contribution >= 4 is 28.9 Å². The van der Waals surface area contributed by atoms with Crippen molar-refractivity contribution in [1.29, 1.82) is 0 Å². The van der Waals surface area contributed by atoms with Crippen molar-refractivity contribution in [2.75, 3.05) is 25.0 Å². The van der Waals surface area contributed by atoms with E-state index in [1.165, 1.54) is 5.56 Å². The summed E-state index contributed by atoms with van der Waals surface area (Å²) in [5.74, 6) is 0.437. The van der Waals surface area contributed by atoms with Gasteiger partial charge >= 0.3 is 5.97 Å². The third-order valence-electron chi connectivity index (χ3n) is 6.30. The van der Waals surface area contributed by atoms with Gasteiger partial charge in [-0.25, -0.2) is 0 Å². The molecule has 31 heavy (non-hydrogen) atoms. The van der Waals surface area contributed by atoms with E-state index >= 15 is 0 Å². The Labute approximate surface area is 181 Å². The molecule has 3 aliphatic rings. The van der Waals surface area contributed by atoms with Crippen molar-refractivity contribution < 1.29 is 19.1 Å². The van der Waals surface area contributed by atoms with Crippen LogP contribution in [0.2, 0.25) is 0 Å². The highest BCUT2D eigenvalue weighted by Gasteiger charge is 2.33. The summed E-state index contributed by atoms with van der Waals surface area (Å²) in [7, 11) is 0. The molecule has 1 fully saturated rings. The van der Waals surface area contributed by atoms with Crippen molar-refractivity contribution in [3.63, 3.8) is 0 Å². The number of anilines is 1. The highest BCUT2D eigenvalue weighted by molar-refractivity contribution is 6.36. The first-order valence-electron chi connectivity index (χ1n) is 11.0. The van der Waals surface area contributed by atoms with Gasteiger partial charge < -0.3 is 14.8 Å². The number of carbonyl (C=O) groups is 2. The fourth-order valence-electron chi connectivity index (χ4n) is 4.79. The Morgan fingerprint density at radius 3 is 2.97 bits per heavy atom. The zero-order valence-corrected chi connectivity index (χ0v) is 17.6. The number of hydrogen-bond acceptors (Lipinski definition) is 5. The summed E-state index contributed by atoms with van der Waals surface area (Å²) in [6.07, 6.45) is 2.76. The van der Waals surface area contributed by atoms with Crippen molar-refractivity contribution in [1.82, 2.24) is 4.90 Å². The van der Waals surface area contributed by atoms with Gasteiger partial charge in [-0.1, -0.05) is 36.4 Å². The molecule has 6 nitrogen and oxygen atoms in total. The van der Waals surface area contributed by atoms with Gasteiger partial charge in [0.15, 0.2) is 0 Å². The topological polar surface area (TPSA) is 67.9 Å². The maximum absolute atomic E-state index is 12.6. The van der Waals surface area contributed by atoms with Gasteiger partial charge in [0.05, 0.1) is 12.2 Å². The number of amides is 1. The van der Waals surface area contributed by atoms with Gasteiger partial charge in [-0.05, 0) is 44.4 Å². The molecule has 0 radical (unpaired) electrons. The molecular formula is C25H26N2O4. The SMILES string of the molecule is CCOC(=O)C1CCCN1CCc1ccc2c(c1)COC2=C1C(=O)Nc2ccccc21. The van der Waals surface area contributed by atoms with Crippen LogP contribution in [0.15, 0.2) is 42.5 Å². The van der Waals surface area contributed by atoms with Crippen molar-refractivity contribution in [2.24, 2.45) is 0 Å². The minimum atomic E-state index is -0.118. The molecule has 0 aliphatic carbocycles. The van der Waals surface area contributed by atoms with Crippen LogP contribution in [-0.2, 0) is 32.1 Å². The number of nitrogens with zero attached hydrogens (tertiary/aromatic N) is 1. The summed E-state index contributed by atoms with van der Waals surface area (Å²) >= 11 is 0. The maximum Gasteiger partial charge on any atom is 0.323 e. The van der Waals surface area contributed by atoms with E-state index in [2.05, 4.69) is 28.4 Å². The maximum atomic E-state index is 12.6. The van der Waals surface area contributed by atoms with Gasteiger partial charge in [-0.3, -0.25) is 14.5 Å². The van der Waals surface area contributed by atoms with Gasteiger partial charge in [0.2, 0.25) is 0 Å². The van der Waals surface area contributed by atoms with Gasteiger partial charge in [-0.15, -0.1) is 0 Å². The Morgan fingerprint density at radius 1 is 1.23 bits per heavy atom. The predicted molar refractivity (Wildman–Crippen MR) is 118 cm³/mol. The summed E-state index contributed by atoms with van der Waals surface area (Å²) in [5, 5.41) is 2.92. The molecule has 1 saturated heterocycles. The molecule has 0 saturated carbocycles. The summed E-state index contributed by atoms with van der Waals surface area (Å²) in [4.78, 5) is 27.0. The van der Waals surface area contributed by atoms with Crippen LogP contribution < -0.4 is 5.32 Å². The number of esters is 1. The van der Waals surface area contributed by atoms with Crippen LogP contribution in [0.5, 0.6) is 0 Å². The predicted octanol–water partition coefficient (Wildman–Crippen LogP) is 3.61. The third-order valence-corrected chi connectivity index (χ3v) is 6.30. The smallest absolute Gasteiger partial charge is 0.323 e. The minimum Gasteiger partial charge on any atom is -0.487 e. The van der Waals surface area contributed by atoms with E-state index in [-0.39, 0.29) is 17.9 Å². The summed E-state index contributed by atoms with van der Waals surface area (Å²) in [6, 6.07) is 13.9. The monoisotopic (exact) mass is 418 g/mol. The van der Waals surface area contributed by atoms with Crippen LogP contribution in [0.3, 0.4) is 0 Å². The van der Waals surface area contributed by atoms with E-state index in [1.54, 1.807) is 0 Å². The molecule has 0 bridgehead atoms. The molecule has 3 heterocycles. The quantitative estimate of drug-likeness (QED) is 0.594. The standard InChI is InChI=1S/C25H26N2O4/c1-2-30-25(29)21-8-5-12-27(21)13-11-16-9-10-18-17(14-16)15-31-23(18)22-19-6-3-4-7-20(19)26-24(22)28/h3-4,6-7,9-10,14,21H,2,5,8,11-13,15H2,1H3,(H,26,28). The first kappa shape index (κ1) is 19.8. The lowest BCUT2D eigenvalue weighted by Gasteiger charge is -2.22. The average molecular weight is 418 g/mol. The lowest BCUT2D eigenvalue weighted by Crippen LogP contribution is -2.38. The number of benzene rings is 2. The lowest BCUT2D eigenvalue weighted by molar-refractivity contribution is -0.148. The zero-order chi connectivity index (χ0) is 21.4. The number of likely N-dealkylation sites (tertiary alicyclic amines) is 1. The third kappa shape index (κ3) is 3.61. The molecule has 0 spiro atoms. The van der Waals surface area contributed by atoms with Gasteiger partial charge in [0, 0.05) is 28.9 Å². The molecule has 1 unspecified atom stereocenters. The van der Waals surface area contributed by atoms with Crippen LogP contribution >= 0.6 is 0 Å². The number of fused-ring (bicyclic) bond motifs is 2. The zero-order valence-electron chi connectivity index (χ0n) is 17.6. The largest absolute Gasteiger partial charge is 0.487 e. The van der Waals surface area contributed by atoms with E-state index < -0.39 is 0 Å². The summed E-state index contributed by atoms with van der Waals surface area (Å²) in [6.45, 7) is 4.50. The second-order valence-electron chi connectivity index (χ2n) is 8.18. The van der Waals surface area contributed by atoms with Gasteiger partial charge in [0.25, 0.3) is 5.91 Å². The molecule has 2 aromatic rings. The molecule has 1 N–H and O–H groups in total. The van der Waals surface area contributed by atoms with E-state index in [1.807, 2.05) is 31.2 Å². The number of ether oxygens (including phenoxy) is 2. The average Bonchev–Trinajstić information content (AvgIpc) is 3.48. The minimum absolute atomic E-state index is 0.103. The fourth-order valence-corrected chi connectivity index (χ4v) is 4.79. The number of hydrogen-bond donors (Lipinski definition) is 1. The van der Waals surface area contributed by atoms with Crippen LogP contribution in [0, 0.1) is 0 Å². The first-order valence-corrected chi connectivity index (χ1v) is 11.0. The molecular weight excluding hydrogens is 392 g/mol. The summed E-state index contributed by atoms with van der Waals surface area (Å²) in [5.41, 5.74) is 5.61. The molecule has 1 atom stereocenters. The van der Waals surface area contributed by atoms with Crippen LogP contribution in [-0.4, -0.2) is 42.5 Å². The van der Waals surface area contributed by atoms with Crippen molar-refractivity contribution in [3.05, 3.63) is 64.7 Å². The lowest BCUT2D eigenvalue weighted by atomic mass is 9.98. The molecule has 6 heteroatoms. The highest BCUT2D eigenvalue weighted by atomic mass is 16.5. The van der Waals surface area contributed by atoms with Crippen LogP contribution in [0.4, 0.5) is 5.69 Å². The van der Waals surface area contributed by atoms with Crippen LogP contribution in [0.25, 0.3) is 11.3 Å². The highest BCUT2D eigenvalue weighted by Crippen LogP contribution is 2.41. The number of para-hydroxylation sites is 1. The Bertz CT molecular complexity index is 1070. The van der Waals surface area contributed by atoms with E-state index in [9.17, 15) is 9.59 Å². The normalized spacial score (nSPS) is 22.1. The van der Waals surface area contributed by atoms with Crippen LogP contribution in [0.1, 0.15) is 42.0 Å². The molecule has 3 aliphatic heterocycles. The molecule has 1 amide bonds. The summed E-state index contributed by atoms with van der Waals surface area (Å²) < 4.78 is 11.2. The second kappa shape index (κ2) is 8.19. The van der Waals surface area contributed by atoms with Gasteiger partial charge in [-0.2, -0.15) is 0 Å².